The molecule has 1 aromatic carbocycles. The van der Waals surface area contributed by atoms with Crippen LogP contribution >= 0.6 is 0 Å². The first kappa shape index (κ1) is 20.8. The van der Waals surface area contributed by atoms with Gasteiger partial charge < -0.3 is 25.3 Å². The van der Waals surface area contributed by atoms with Gasteiger partial charge in [-0.2, -0.15) is 0 Å². The van der Waals surface area contributed by atoms with Crippen molar-refractivity contribution in [2.75, 3.05) is 20.8 Å². The molecule has 0 heterocycles. The maximum Gasteiger partial charge on any atom is 0.323 e. The average molecular weight is 352 g/mol. The molecule has 7 heteroatoms. The van der Waals surface area contributed by atoms with E-state index in [-0.39, 0.29) is 18.4 Å². The third kappa shape index (κ3) is 7.01. The fourth-order valence-corrected chi connectivity index (χ4v) is 2.00. The lowest BCUT2D eigenvalue weighted by atomic mass is 10.1. The Balaban J connectivity index is 2.57. The minimum absolute atomic E-state index is 0.0139. The van der Waals surface area contributed by atoms with E-state index in [0.717, 1.165) is 5.56 Å². The summed E-state index contributed by atoms with van der Waals surface area (Å²) in [6, 6.07) is 4.63. The molecule has 0 spiro atoms. The van der Waals surface area contributed by atoms with E-state index in [4.69, 9.17) is 19.9 Å². The molecule has 0 aromatic heterocycles. The van der Waals surface area contributed by atoms with Gasteiger partial charge in [0, 0.05) is 25.1 Å². The zero-order chi connectivity index (χ0) is 18.8. The number of rotatable bonds is 10. The molecule has 0 unspecified atom stereocenters. The van der Waals surface area contributed by atoms with E-state index in [1.807, 2.05) is 13.8 Å². The lowest BCUT2D eigenvalue weighted by Gasteiger charge is -2.16. The fourth-order valence-electron chi connectivity index (χ4n) is 2.00. The zero-order valence-corrected chi connectivity index (χ0v) is 15.3. The van der Waals surface area contributed by atoms with E-state index >= 15 is 0 Å². The third-order valence-corrected chi connectivity index (χ3v) is 3.71. The molecule has 0 aliphatic heterocycles. The van der Waals surface area contributed by atoms with Gasteiger partial charge in [-0.15, -0.1) is 0 Å². The number of amides is 1. The number of esters is 1. The summed E-state index contributed by atoms with van der Waals surface area (Å²) in [5.74, 6) is 0.752. The van der Waals surface area contributed by atoms with Crippen LogP contribution in [-0.4, -0.2) is 38.7 Å². The quantitative estimate of drug-likeness (QED) is 0.490. The van der Waals surface area contributed by atoms with E-state index in [2.05, 4.69) is 5.32 Å². The molecular formula is C18H28N2O5. The number of methoxy groups -OCH3 is 1. The molecule has 0 aliphatic rings. The first-order valence-electron chi connectivity index (χ1n) is 8.31. The van der Waals surface area contributed by atoms with Crippen molar-refractivity contribution < 1.29 is 23.8 Å². The summed E-state index contributed by atoms with van der Waals surface area (Å²) in [5, 5.41) is 2.56. The summed E-state index contributed by atoms with van der Waals surface area (Å²) in [6.07, 6.45) is 1.03. The molecule has 1 amide bonds. The van der Waals surface area contributed by atoms with Crippen molar-refractivity contribution in [3.63, 3.8) is 0 Å². The molecule has 1 rings (SSSR count). The molecule has 0 fully saturated rings. The second-order valence-corrected chi connectivity index (χ2v) is 5.98. The number of carbonyl (C=O) groups excluding carboxylic acids is 2. The van der Waals surface area contributed by atoms with Gasteiger partial charge in [0.2, 0.25) is 5.91 Å². The lowest BCUT2D eigenvalue weighted by molar-refractivity contribution is -0.147. The second kappa shape index (κ2) is 10.6. The number of nitrogens with one attached hydrogen (secondary N) is 1. The molecule has 0 saturated carbocycles. The summed E-state index contributed by atoms with van der Waals surface area (Å²) in [4.78, 5) is 23.0. The molecule has 140 valence electrons. The van der Waals surface area contributed by atoms with Crippen LogP contribution in [0.1, 0.15) is 32.3 Å². The third-order valence-electron chi connectivity index (χ3n) is 3.71. The number of hydrogen-bond donors (Lipinski definition) is 2. The minimum Gasteiger partial charge on any atom is -0.496 e. The zero-order valence-electron chi connectivity index (χ0n) is 15.3. The summed E-state index contributed by atoms with van der Waals surface area (Å²) < 4.78 is 16.2. The topological polar surface area (TPSA) is 99.9 Å². The van der Waals surface area contributed by atoms with Crippen molar-refractivity contribution in [3.05, 3.63) is 23.8 Å². The van der Waals surface area contributed by atoms with Crippen molar-refractivity contribution in [2.45, 2.75) is 39.3 Å². The van der Waals surface area contributed by atoms with Gasteiger partial charge in [-0.25, -0.2) is 0 Å². The van der Waals surface area contributed by atoms with Crippen molar-refractivity contribution in [3.8, 4) is 11.5 Å². The second-order valence-electron chi connectivity index (χ2n) is 5.98. The van der Waals surface area contributed by atoms with Crippen molar-refractivity contribution in [2.24, 2.45) is 11.7 Å². The number of hydrogen-bond acceptors (Lipinski definition) is 6. The Labute approximate surface area is 148 Å². The van der Waals surface area contributed by atoms with Crippen molar-refractivity contribution >= 4 is 11.9 Å². The Morgan fingerprint density at radius 1 is 1.28 bits per heavy atom. The summed E-state index contributed by atoms with van der Waals surface area (Å²) >= 11 is 0. The predicted molar refractivity (Wildman–Crippen MR) is 94.4 cm³/mol. The van der Waals surface area contributed by atoms with Gasteiger partial charge in [0.1, 0.15) is 24.1 Å². The summed E-state index contributed by atoms with van der Waals surface area (Å²) in [7, 11) is 3.14. The number of ether oxygens (including phenoxy) is 3. The van der Waals surface area contributed by atoms with E-state index in [1.165, 1.54) is 7.11 Å². The van der Waals surface area contributed by atoms with Crippen LogP contribution in [-0.2, 0) is 20.9 Å². The van der Waals surface area contributed by atoms with Crippen LogP contribution in [0.3, 0.4) is 0 Å². The standard InChI is InChI=1S/C18H28N2O5/c1-12(2)17(19)18(22)25-11-13-7-8-14(10-15(13)23-4)24-9-5-6-16(21)20-3/h7-8,10,12,17H,5-6,9,11,19H2,1-4H3,(H,20,21)/t17-/m0/s1. The maximum atomic E-state index is 11.8. The smallest absolute Gasteiger partial charge is 0.323 e. The SMILES string of the molecule is CNC(=O)CCCOc1ccc(COC(=O)[C@@H](N)C(C)C)c(OC)c1. The van der Waals surface area contributed by atoms with Gasteiger partial charge in [0.05, 0.1) is 13.7 Å². The Morgan fingerprint density at radius 3 is 2.60 bits per heavy atom. The van der Waals surface area contributed by atoms with E-state index < -0.39 is 12.0 Å². The van der Waals surface area contributed by atoms with Gasteiger partial charge >= 0.3 is 5.97 Å². The molecule has 3 N–H and O–H groups in total. The van der Waals surface area contributed by atoms with E-state index in [9.17, 15) is 9.59 Å². The minimum atomic E-state index is -0.645. The van der Waals surface area contributed by atoms with Crippen molar-refractivity contribution in [1.82, 2.24) is 5.32 Å². The average Bonchev–Trinajstić information content (AvgIpc) is 2.62. The molecule has 0 radical (unpaired) electrons. The molecule has 0 bridgehead atoms. The van der Waals surface area contributed by atoms with Gasteiger partial charge in [-0.1, -0.05) is 13.8 Å². The Hall–Kier alpha value is -2.28. The first-order valence-corrected chi connectivity index (χ1v) is 8.31. The first-order chi connectivity index (χ1) is 11.9. The molecule has 0 saturated heterocycles. The van der Waals surface area contributed by atoms with E-state index in [1.54, 1.807) is 25.2 Å². The number of nitrogens with two attached hydrogens (primary N) is 1. The lowest BCUT2D eigenvalue weighted by Crippen LogP contribution is -2.36. The monoisotopic (exact) mass is 352 g/mol. The van der Waals surface area contributed by atoms with Crippen LogP contribution in [0.15, 0.2) is 18.2 Å². The highest BCUT2D eigenvalue weighted by Crippen LogP contribution is 2.25. The molecular weight excluding hydrogens is 324 g/mol. The Morgan fingerprint density at radius 2 is 2.00 bits per heavy atom. The Bertz CT molecular complexity index is 575. The van der Waals surface area contributed by atoms with Gasteiger partial charge in [0.25, 0.3) is 0 Å². The Kier molecular flexibility index (Phi) is 8.77. The van der Waals surface area contributed by atoms with Crippen LogP contribution in [0.25, 0.3) is 0 Å². The van der Waals surface area contributed by atoms with Crippen molar-refractivity contribution in [1.29, 1.82) is 0 Å². The largest absolute Gasteiger partial charge is 0.496 e. The molecule has 1 atom stereocenters. The molecule has 7 nitrogen and oxygen atoms in total. The van der Waals surface area contributed by atoms with Gasteiger partial charge in [-0.3, -0.25) is 9.59 Å². The fraction of sp³-hybridized carbons (Fsp3) is 0.556. The molecule has 1 aromatic rings. The summed E-state index contributed by atoms with van der Waals surface area (Å²) in [5.41, 5.74) is 6.49. The van der Waals surface area contributed by atoms with Gasteiger partial charge in [-0.05, 0) is 24.5 Å². The van der Waals surface area contributed by atoms with Crippen LogP contribution < -0.4 is 20.5 Å². The highest BCUT2D eigenvalue weighted by molar-refractivity contribution is 5.76. The molecule has 25 heavy (non-hydrogen) atoms. The highest BCUT2D eigenvalue weighted by atomic mass is 16.5. The number of benzene rings is 1. The maximum absolute atomic E-state index is 11.8. The van der Waals surface area contributed by atoms with Gasteiger partial charge in [0.15, 0.2) is 0 Å². The highest BCUT2D eigenvalue weighted by Gasteiger charge is 2.19. The van der Waals surface area contributed by atoms with E-state index in [0.29, 0.717) is 30.9 Å². The van der Waals surface area contributed by atoms with Crippen LogP contribution in [0.2, 0.25) is 0 Å². The summed E-state index contributed by atoms with van der Waals surface area (Å²) in [6.45, 7) is 4.24. The molecule has 0 aliphatic carbocycles. The van der Waals surface area contributed by atoms with Crippen LogP contribution in [0.5, 0.6) is 11.5 Å². The van der Waals surface area contributed by atoms with Crippen LogP contribution in [0, 0.1) is 5.92 Å². The van der Waals surface area contributed by atoms with Crippen LogP contribution in [0.4, 0.5) is 0 Å². The number of carbonyl (C=O) groups is 2. The normalized spacial score (nSPS) is 11.8. The predicted octanol–water partition coefficient (Wildman–Crippen LogP) is 1.63.